The molecule has 4 nitrogen and oxygen atoms in total. The number of rotatable bonds is 3. The van der Waals surface area contributed by atoms with Gasteiger partial charge in [-0.1, -0.05) is 23.7 Å². The molecule has 1 heterocycles. The highest BCUT2D eigenvalue weighted by Gasteiger charge is 2.38. The summed E-state index contributed by atoms with van der Waals surface area (Å²) < 4.78 is 38.4. The van der Waals surface area contributed by atoms with Crippen LogP contribution < -0.4 is 10.2 Å². The molecule has 1 aliphatic heterocycles. The lowest BCUT2D eigenvalue weighted by Crippen LogP contribution is -2.33. The molecule has 1 saturated heterocycles. The van der Waals surface area contributed by atoms with Crippen molar-refractivity contribution in [3.8, 4) is 0 Å². The minimum absolute atomic E-state index is 0.0000103. The second-order valence-electron chi connectivity index (χ2n) is 6.33. The first-order valence-corrected chi connectivity index (χ1v) is 8.60. The second kappa shape index (κ2) is 7.23. The van der Waals surface area contributed by atoms with Crippen LogP contribution in [0.5, 0.6) is 0 Å². The molecule has 1 N–H and O–H groups in total. The highest BCUT2D eigenvalue weighted by atomic mass is 35.5. The van der Waals surface area contributed by atoms with E-state index in [9.17, 15) is 22.8 Å². The quantitative estimate of drug-likeness (QED) is 0.767. The fourth-order valence-electron chi connectivity index (χ4n) is 3.04. The number of benzene rings is 2. The molecule has 27 heavy (non-hydrogen) atoms. The van der Waals surface area contributed by atoms with Crippen molar-refractivity contribution in [2.24, 2.45) is 5.92 Å². The van der Waals surface area contributed by atoms with Gasteiger partial charge in [0.25, 0.3) is 0 Å². The van der Waals surface area contributed by atoms with Gasteiger partial charge in [-0.25, -0.2) is 0 Å². The third kappa shape index (κ3) is 4.08. The molecule has 0 saturated carbocycles. The maximum atomic E-state index is 12.8. The van der Waals surface area contributed by atoms with E-state index in [0.717, 1.165) is 17.7 Å². The average molecular weight is 397 g/mol. The van der Waals surface area contributed by atoms with E-state index in [-0.39, 0.29) is 12.1 Å². The monoisotopic (exact) mass is 396 g/mol. The summed E-state index contributed by atoms with van der Waals surface area (Å²) in [6, 6.07) is 9.46. The van der Waals surface area contributed by atoms with E-state index in [1.54, 1.807) is 18.2 Å². The summed E-state index contributed by atoms with van der Waals surface area (Å²) in [4.78, 5) is 26.6. The predicted octanol–water partition coefficient (Wildman–Crippen LogP) is 4.66. The van der Waals surface area contributed by atoms with E-state index in [1.807, 2.05) is 6.92 Å². The van der Waals surface area contributed by atoms with Crippen molar-refractivity contribution in [3.63, 3.8) is 0 Å². The zero-order valence-electron chi connectivity index (χ0n) is 14.3. The largest absolute Gasteiger partial charge is 0.416 e. The van der Waals surface area contributed by atoms with Crippen LogP contribution in [0, 0.1) is 12.8 Å². The van der Waals surface area contributed by atoms with Gasteiger partial charge in [-0.2, -0.15) is 13.2 Å². The van der Waals surface area contributed by atoms with E-state index < -0.39 is 29.5 Å². The van der Waals surface area contributed by atoms with Gasteiger partial charge in [0.05, 0.1) is 5.56 Å². The SMILES string of the molecule is Cc1ccc(Cl)cc1N1CC[C@@H](C(=O)Nc2cccc(C(F)(F)F)c2)C1=O. The molecule has 1 fully saturated rings. The minimum atomic E-state index is -4.51. The highest BCUT2D eigenvalue weighted by Crippen LogP contribution is 2.32. The van der Waals surface area contributed by atoms with Crippen LogP contribution in [0.3, 0.4) is 0 Å². The Bertz CT molecular complexity index is 899. The van der Waals surface area contributed by atoms with Crippen molar-refractivity contribution in [1.82, 2.24) is 0 Å². The van der Waals surface area contributed by atoms with Crippen LogP contribution in [0.1, 0.15) is 17.5 Å². The maximum Gasteiger partial charge on any atom is 0.416 e. The van der Waals surface area contributed by atoms with Gasteiger partial charge in [0, 0.05) is 22.9 Å². The van der Waals surface area contributed by atoms with Crippen molar-refractivity contribution in [2.75, 3.05) is 16.8 Å². The first-order valence-electron chi connectivity index (χ1n) is 8.22. The molecular weight excluding hydrogens is 381 g/mol. The Morgan fingerprint density at radius 3 is 2.67 bits per heavy atom. The number of alkyl halides is 3. The van der Waals surface area contributed by atoms with Crippen molar-refractivity contribution in [2.45, 2.75) is 19.5 Å². The number of halogens is 4. The van der Waals surface area contributed by atoms with Crippen LogP contribution in [-0.2, 0) is 15.8 Å². The van der Waals surface area contributed by atoms with Crippen LogP contribution >= 0.6 is 11.6 Å². The van der Waals surface area contributed by atoms with Gasteiger partial charge in [-0.15, -0.1) is 0 Å². The first-order chi connectivity index (χ1) is 12.7. The standard InChI is InChI=1S/C19H16ClF3N2O2/c1-11-5-6-13(20)10-16(11)25-8-7-15(18(25)27)17(26)24-14-4-2-3-12(9-14)19(21,22)23/h2-6,9-10,15H,7-8H2,1H3,(H,24,26)/t15-/m0/s1. The number of amides is 2. The molecule has 0 unspecified atom stereocenters. The molecule has 0 radical (unpaired) electrons. The van der Waals surface area contributed by atoms with Gasteiger partial charge in [0.2, 0.25) is 11.8 Å². The number of carbonyl (C=O) groups is 2. The first kappa shape index (κ1) is 19.2. The number of nitrogens with zero attached hydrogens (tertiary/aromatic N) is 1. The van der Waals surface area contributed by atoms with Crippen molar-refractivity contribution in [1.29, 1.82) is 0 Å². The number of hydrogen-bond donors (Lipinski definition) is 1. The topological polar surface area (TPSA) is 49.4 Å². The summed E-state index contributed by atoms with van der Waals surface area (Å²) in [7, 11) is 0. The Morgan fingerprint density at radius 1 is 1.22 bits per heavy atom. The number of nitrogens with one attached hydrogen (secondary N) is 1. The van der Waals surface area contributed by atoms with E-state index in [1.165, 1.54) is 17.0 Å². The fourth-order valence-corrected chi connectivity index (χ4v) is 3.20. The highest BCUT2D eigenvalue weighted by molar-refractivity contribution is 6.31. The van der Waals surface area contributed by atoms with Gasteiger partial charge < -0.3 is 10.2 Å². The second-order valence-corrected chi connectivity index (χ2v) is 6.77. The molecular formula is C19H16ClF3N2O2. The number of hydrogen-bond acceptors (Lipinski definition) is 2. The van der Waals surface area contributed by atoms with Gasteiger partial charge in [0.1, 0.15) is 5.92 Å². The molecule has 0 spiro atoms. The molecule has 0 bridgehead atoms. The average Bonchev–Trinajstić information content (AvgIpc) is 2.98. The Labute approximate surface area is 158 Å². The third-order valence-electron chi connectivity index (χ3n) is 4.44. The van der Waals surface area contributed by atoms with E-state index in [4.69, 9.17) is 11.6 Å². The number of aryl methyl sites for hydroxylation is 1. The molecule has 1 aliphatic rings. The number of anilines is 2. The van der Waals surface area contributed by atoms with Crippen molar-refractivity contribution < 1.29 is 22.8 Å². The molecule has 3 rings (SSSR count). The molecule has 2 aromatic carbocycles. The van der Waals surface area contributed by atoms with Crippen molar-refractivity contribution >= 4 is 34.8 Å². The Kier molecular flexibility index (Phi) is 5.15. The molecule has 2 aromatic rings. The summed E-state index contributed by atoms with van der Waals surface area (Å²) in [6.07, 6.45) is -4.24. The Hall–Kier alpha value is -2.54. The lowest BCUT2D eigenvalue weighted by Gasteiger charge is -2.19. The zero-order chi connectivity index (χ0) is 19.8. The Morgan fingerprint density at radius 2 is 1.96 bits per heavy atom. The minimum Gasteiger partial charge on any atom is -0.325 e. The summed E-state index contributed by atoms with van der Waals surface area (Å²) >= 11 is 5.99. The van der Waals surface area contributed by atoms with Gasteiger partial charge in [-0.05, 0) is 49.2 Å². The molecule has 142 valence electrons. The summed E-state index contributed by atoms with van der Waals surface area (Å²) in [5, 5.41) is 2.88. The molecule has 1 atom stereocenters. The van der Waals surface area contributed by atoms with E-state index >= 15 is 0 Å². The van der Waals surface area contributed by atoms with Crippen LogP contribution in [-0.4, -0.2) is 18.4 Å². The van der Waals surface area contributed by atoms with Crippen LogP contribution in [0.2, 0.25) is 5.02 Å². The van der Waals surface area contributed by atoms with Gasteiger partial charge in [-0.3, -0.25) is 9.59 Å². The summed E-state index contributed by atoms with van der Waals surface area (Å²) in [5.74, 6) is -1.98. The van der Waals surface area contributed by atoms with E-state index in [0.29, 0.717) is 17.3 Å². The summed E-state index contributed by atoms with van der Waals surface area (Å²) in [6.45, 7) is 2.16. The van der Waals surface area contributed by atoms with Crippen LogP contribution in [0.4, 0.5) is 24.5 Å². The predicted molar refractivity (Wildman–Crippen MR) is 96.7 cm³/mol. The van der Waals surface area contributed by atoms with Crippen LogP contribution in [0.25, 0.3) is 0 Å². The fraction of sp³-hybridized carbons (Fsp3) is 0.263. The number of carbonyl (C=O) groups excluding carboxylic acids is 2. The van der Waals surface area contributed by atoms with E-state index in [2.05, 4.69) is 5.32 Å². The molecule has 0 aliphatic carbocycles. The normalized spacial score (nSPS) is 17.3. The smallest absolute Gasteiger partial charge is 0.325 e. The molecule has 8 heteroatoms. The molecule has 2 amide bonds. The lowest BCUT2D eigenvalue weighted by molar-refractivity contribution is -0.137. The van der Waals surface area contributed by atoms with Gasteiger partial charge >= 0.3 is 6.18 Å². The molecule has 0 aromatic heterocycles. The van der Waals surface area contributed by atoms with Gasteiger partial charge in [0.15, 0.2) is 0 Å². The Balaban J connectivity index is 1.75. The lowest BCUT2D eigenvalue weighted by atomic mass is 10.1. The summed E-state index contributed by atoms with van der Waals surface area (Å²) in [5.41, 5.74) is 0.600. The maximum absolute atomic E-state index is 12.8. The zero-order valence-corrected chi connectivity index (χ0v) is 15.1. The third-order valence-corrected chi connectivity index (χ3v) is 4.68. The van der Waals surface area contributed by atoms with Crippen molar-refractivity contribution in [3.05, 3.63) is 58.6 Å². The van der Waals surface area contributed by atoms with Crippen LogP contribution in [0.15, 0.2) is 42.5 Å².